The Bertz CT molecular complexity index is 281. The first kappa shape index (κ1) is 14.8. The van der Waals surface area contributed by atoms with Gasteiger partial charge in [0.1, 0.15) is 0 Å². The fraction of sp³-hybridized carbons (Fsp3) is 0.846. The quantitative estimate of drug-likeness (QED) is 0.773. The molecule has 18 heavy (non-hydrogen) atoms. The average Bonchev–Trinajstić information content (AvgIpc) is 2.60. The van der Waals surface area contributed by atoms with Crippen LogP contribution in [-0.4, -0.2) is 54.5 Å². The monoisotopic (exact) mass is 255 g/mol. The lowest BCUT2D eigenvalue weighted by atomic mass is 10.2. The highest BCUT2D eigenvalue weighted by Gasteiger charge is 2.19. The molecule has 0 atom stereocenters. The number of nitrogens with zero attached hydrogens (tertiary/aromatic N) is 2. The van der Waals surface area contributed by atoms with Crippen LogP contribution in [0.4, 0.5) is 4.79 Å². The highest BCUT2D eigenvalue weighted by molar-refractivity contribution is 5.75. The fourth-order valence-electron chi connectivity index (χ4n) is 2.12. The van der Waals surface area contributed by atoms with Gasteiger partial charge in [-0.25, -0.2) is 4.79 Å². The number of amides is 3. The maximum Gasteiger partial charge on any atom is 0.317 e. The van der Waals surface area contributed by atoms with Crippen LogP contribution >= 0.6 is 0 Å². The molecule has 104 valence electrons. The molecule has 0 radical (unpaired) electrons. The molecule has 0 aromatic heterocycles. The number of rotatable bonds is 4. The molecular formula is C13H25N3O2. The van der Waals surface area contributed by atoms with Crippen LogP contribution in [-0.2, 0) is 4.79 Å². The van der Waals surface area contributed by atoms with Crippen LogP contribution in [0.3, 0.4) is 0 Å². The molecule has 1 saturated heterocycles. The molecule has 0 spiro atoms. The molecule has 1 N–H and O–H groups in total. The van der Waals surface area contributed by atoms with Crippen LogP contribution in [0.1, 0.15) is 39.5 Å². The molecule has 1 rings (SSSR count). The van der Waals surface area contributed by atoms with E-state index in [1.54, 1.807) is 6.92 Å². The van der Waals surface area contributed by atoms with E-state index in [1.807, 2.05) is 9.80 Å². The fourth-order valence-corrected chi connectivity index (χ4v) is 2.12. The van der Waals surface area contributed by atoms with E-state index in [0.29, 0.717) is 13.1 Å². The third-order valence-electron chi connectivity index (χ3n) is 3.28. The predicted octanol–water partition coefficient (Wildman–Crippen LogP) is 1.44. The lowest BCUT2D eigenvalue weighted by molar-refractivity contribution is -0.128. The van der Waals surface area contributed by atoms with E-state index < -0.39 is 0 Å². The number of carbonyl (C=O) groups is 2. The largest absolute Gasteiger partial charge is 0.341 e. The highest BCUT2D eigenvalue weighted by atomic mass is 16.2. The van der Waals surface area contributed by atoms with Gasteiger partial charge in [-0.05, 0) is 12.8 Å². The van der Waals surface area contributed by atoms with Gasteiger partial charge in [0.05, 0.1) is 0 Å². The Kier molecular flexibility index (Phi) is 6.54. The maximum absolute atomic E-state index is 11.9. The Morgan fingerprint density at radius 1 is 1.06 bits per heavy atom. The molecule has 5 nitrogen and oxygen atoms in total. The number of unbranched alkanes of at least 4 members (excludes halogenated alkanes) is 2. The van der Waals surface area contributed by atoms with E-state index in [0.717, 1.165) is 45.3 Å². The summed E-state index contributed by atoms with van der Waals surface area (Å²) < 4.78 is 0. The summed E-state index contributed by atoms with van der Waals surface area (Å²) in [5.74, 6) is 0.0974. The second kappa shape index (κ2) is 7.95. The number of hydrogen-bond donors (Lipinski definition) is 1. The summed E-state index contributed by atoms with van der Waals surface area (Å²) in [4.78, 5) is 26.8. The minimum Gasteiger partial charge on any atom is -0.341 e. The first-order valence-corrected chi connectivity index (χ1v) is 6.93. The number of urea groups is 1. The van der Waals surface area contributed by atoms with Gasteiger partial charge >= 0.3 is 6.03 Å². The normalized spacial score (nSPS) is 16.3. The molecule has 0 unspecified atom stereocenters. The van der Waals surface area contributed by atoms with Gasteiger partial charge in [0.15, 0.2) is 0 Å². The summed E-state index contributed by atoms with van der Waals surface area (Å²) in [5, 5.41) is 2.94. The molecule has 0 aromatic carbocycles. The maximum atomic E-state index is 11.9. The van der Waals surface area contributed by atoms with Crippen molar-refractivity contribution in [1.29, 1.82) is 0 Å². The Morgan fingerprint density at radius 3 is 2.39 bits per heavy atom. The summed E-state index contributed by atoms with van der Waals surface area (Å²) >= 11 is 0. The van der Waals surface area contributed by atoms with E-state index in [2.05, 4.69) is 12.2 Å². The molecule has 3 amide bonds. The van der Waals surface area contributed by atoms with Gasteiger partial charge in [-0.15, -0.1) is 0 Å². The van der Waals surface area contributed by atoms with Gasteiger partial charge in [-0.1, -0.05) is 19.8 Å². The third kappa shape index (κ3) is 4.94. The van der Waals surface area contributed by atoms with Crippen molar-refractivity contribution in [2.75, 3.05) is 32.7 Å². The van der Waals surface area contributed by atoms with Gasteiger partial charge in [0.2, 0.25) is 5.91 Å². The minimum atomic E-state index is 0.0107. The molecule has 1 aliphatic rings. The third-order valence-corrected chi connectivity index (χ3v) is 3.28. The summed E-state index contributed by atoms with van der Waals surface area (Å²) in [5.41, 5.74) is 0. The zero-order chi connectivity index (χ0) is 13.4. The summed E-state index contributed by atoms with van der Waals surface area (Å²) in [6.45, 7) is 7.27. The lowest BCUT2D eigenvalue weighted by Gasteiger charge is -2.21. The van der Waals surface area contributed by atoms with Gasteiger partial charge in [0, 0.05) is 39.6 Å². The molecular weight excluding hydrogens is 230 g/mol. The smallest absolute Gasteiger partial charge is 0.317 e. The zero-order valence-electron chi connectivity index (χ0n) is 11.6. The Labute approximate surface area is 110 Å². The number of carbonyl (C=O) groups excluding carboxylic acids is 2. The van der Waals surface area contributed by atoms with E-state index in [-0.39, 0.29) is 11.9 Å². The molecule has 0 bridgehead atoms. The van der Waals surface area contributed by atoms with Crippen LogP contribution in [0.5, 0.6) is 0 Å². The van der Waals surface area contributed by atoms with E-state index >= 15 is 0 Å². The average molecular weight is 255 g/mol. The van der Waals surface area contributed by atoms with Crippen molar-refractivity contribution < 1.29 is 9.59 Å². The lowest BCUT2D eigenvalue weighted by Crippen LogP contribution is -2.42. The van der Waals surface area contributed by atoms with Crippen LogP contribution in [0.2, 0.25) is 0 Å². The van der Waals surface area contributed by atoms with Crippen LogP contribution in [0.25, 0.3) is 0 Å². The van der Waals surface area contributed by atoms with E-state index in [1.165, 1.54) is 0 Å². The van der Waals surface area contributed by atoms with Crippen LogP contribution in [0, 0.1) is 0 Å². The first-order valence-electron chi connectivity index (χ1n) is 6.93. The van der Waals surface area contributed by atoms with Crippen molar-refractivity contribution in [3.8, 4) is 0 Å². The van der Waals surface area contributed by atoms with Gasteiger partial charge in [-0.3, -0.25) is 4.79 Å². The summed E-state index contributed by atoms with van der Waals surface area (Å²) in [6, 6.07) is 0.0107. The zero-order valence-corrected chi connectivity index (χ0v) is 11.6. The molecule has 1 aliphatic heterocycles. The molecule has 0 saturated carbocycles. The molecule has 1 heterocycles. The van der Waals surface area contributed by atoms with Crippen molar-refractivity contribution in [1.82, 2.24) is 15.1 Å². The second-order valence-corrected chi connectivity index (χ2v) is 4.79. The second-order valence-electron chi connectivity index (χ2n) is 4.79. The molecule has 1 fully saturated rings. The Hall–Kier alpha value is -1.26. The van der Waals surface area contributed by atoms with Crippen molar-refractivity contribution in [2.45, 2.75) is 39.5 Å². The van der Waals surface area contributed by atoms with Crippen molar-refractivity contribution in [3.05, 3.63) is 0 Å². The van der Waals surface area contributed by atoms with Crippen LogP contribution in [0.15, 0.2) is 0 Å². The highest BCUT2D eigenvalue weighted by Crippen LogP contribution is 2.03. The van der Waals surface area contributed by atoms with Gasteiger partial charge < -0.3 is 15.1 Å². The standard InChI is InChI=1S/C13H25N3O2/c1-3-4-5-7-14-13(18)16-9-6-8-15(10-11-16)12(2)17/h3-11H2,1-2H3,(H,14,18). The van der Waals surface area contributed by atoms with E-state index in [4.69, 9.17) is 0 Å². The molecule has 0 aromatic rings. The topological polar surface area (TPSA) is 52.7 Å². The number of hydrogen-bond acceptors (Lipinski definition) is 2. The Morgan fingerprint density at radius 2 is 1.72 bits per heavy atom. The molecule has 0 aliphatic carbocycles. The van der Waals surface area contributed by atoms with Crippen molar-refractivity contribution >= 4 is 11.9 Å². The minimum absolute atomic E-state index is 0.0107. The molecule has 5 heteroatoms. The SMILES string of the molecule is CCCCCNC(=O)N1CCCN(C(C)=O)CC1. The predicted molar refractivity (Wildman–Crippen MR) is 71.4 cm³/mol. The summed E-state index contributed by atoms with van der Waals surface area (Å²) in [7, 11) is 0. The van der Waals surface area contributed by atoms with Crippen molar-refractivity contribution in [3.63, 3.8) is 0 Å². The summed E-state index contributed by atoms with van der Waals surface area (Å²) in [6.07, 6.45) is 4.21. The van der Waals surface area contributed by atoms with Gasteiger partial charge in [0.25, 0.3) is 0 Å². The Balaban J connectivity index is 2.29. The number of nitrogens with one attached hydrogen (secondary N) is 1. The van der Waals surface area contributed by atoms with Gasteiger partial charge in [-0.2, -0.15) is 0 Å². The van der Waals surface area contributed by atoms with E-state index in [9.17, 15) is 9.59 Å². The van der Waals surface area contributed by atoms with Crippen molar-refractivity contribution in [2.24, 2.45) is 0 Å². The first-order chi connectivity index (χ1) is 8.65. The van der Waals surface area contributed by atoms with Crippen LogP contribution < -0.4 is 5.32 Å².